The van der Waals surface area contributed by atoms with Crippen LogP contribution in [-0.4, -0.2) is 57.4 Å². The zero-order valence-electron chi connectivity index (χ0n) is 16.5. The Morgan fingerprint density at radius 2 is 1.97 bits per heavy atom. The molecule has 2 heterocycles. The standard InChI is InChI=1S/C19H26N4O4S2/c1-2-23(10-17(24)21-13-7-8-29(26,27)12-13)11-18(25)22-19-15(9-20)14-5-3-4-6-16(14)28-19/h13H,2-8,10-12H2,1H3,(H,21,24)(H,22,25)/p+1/t13-/m0/s1. The molecule has 0 radical (unpaired) electrons. The zero-order chi connectivity index (χ0) is 21.0. The van der Waals surface area contributed by atoms with E-state index in [9.17, 15) is 23.3 Å². The van der Waals surface area contributed by atoms with Crippen molar-refractivity contribution in [2.45, 2.75) is 45.1 Å². The van der Waals surface area contributed by atoms with Crippen molar-refractivity contribution in [3.8, 4) is 6.07 Å². The van der Waals surface area contributed by atoms with Crippen molar-refractivity contribution in [1.29, 1.82) is 5.26 Å². The molecule has 29 heavy (non-hydrogen) atoms. The van der Waals surface area contributed by atoms with E-state index in [-0.39, 0.29) is 42.5 Å². The molecule has 2 aliphatic rings. The average Bonchev–Trinajstić information content (AvgIpc) is 3.19. The van der Waals surface area contributed by atoms with Crippen LogP contribution in [0, 0.1) is 11.3 Å². The minimum atomic E-state index is -3.05. The number of quaternary nitrogens is 1. The minimum Gasteiger partial charge on any atom is -0.347 e. The summed E-state index contributed by atoms with van der Waals surface area (Å²) in [5.41, 5.74) is 1.65. The van der Waals surface area contributed by atoms with E-state index < -0.39 is 9.84 Å². The number of carbonyl (C=O) groups excluding carboxylic acids is 2. The second-order valence-electron chi connectivity index (χ2n) is 7.70. The van der Waals surface area contributed by atoms with E-state index in [1.54, 1.807) is 0 Å². The molecule has 0 bridgehead atoms. The number of fused-ring (bicyclic) bond motifs is 1. The molecule has 1 aromatic rings. The number of amides is 2. The Labute approximate surface area is 175 Å². The van der Waals surface area contributed by atoms with Gasteiger partial charge in [-0.3, -0.25) is 9.59 Å². The van der Waals surface area contributed by atoms with Gasteiger partial charge < -0.3 is 15.5 Å². The Hall–Kier alpha value is -1.96. The molecular formula is C19H27N4O4S2+. The third kappa shape index (κ3) is 5.56. The molecule has 0 aromatic carbocycles. The van der Waals surface area contributed by atoms with Gasteiger partial charge >= 0.3 is 0 Å². The highest BCUT2D eigenvalue weighted by molar-refractivity contribution is 7.91. The number of aryl methyl sites for hydroxylation is 1. The van der Waals surface area contributed by atoms with Gasteiger partial charge in [0.2, 0.25) is 0 Å². The highest BCUT2D eigenvalue weighted by atomic mass is 32.2. The summed E-state index contributed by atoms with van der Waals surface area (Å²) in [6, 6.07) is 1.89. The van der Waals surface area contributed by atoms with Gasteiger partial charge in [0.1, 0.15) is 11.1 Å². The number of hydrogen-bond acceptors (Lipinski definition) is 6. The number of nitrogens with one attached hydrogen (secondary N) is 3. The van der Waals surface area contributed by atoms with Gasteiger partial charge in [-0.2, -0.15) is 5.26 Å². The molecule has 3 N–H and O–H groups in total. The van der Waals surface area contributed by atoms with Crippen LogP contribution in [0.4, 0.5) is 5.00 Å². The molecule has 1 saturated heterocycles. The topological polar surface area (TPSA) is 121 Å². The Bertz CT molecular complexity index is 933. The van der Waals surface area contributed by atoms with E-state index >= 15 is 0 Å². The molecular weight excluding hydrogens is 412 g/mol. The number of hydrogen-bond donors (Lipinski definition) is 3. The molecule has 0 spiro atoms. The Morgan fingerprint density at radius 1 is 1.24 bits per heavy atom. The van der Waals surface area contributed by atoms with Gasteiger partial charge in [-0.15, -0.1) is 11.3 Å². The van der Waals surface area contributed by atoms with Crippen molar-refractivity contribution in [2.75, 3.05) is 36.5 Å². The molecule has 2 atom stereocenters. The summed E-state index contributed by atoms with van der Waals surface area (Å²) in [5, 5.41) is 15.7. The minimum absolute atomic E-state index is 0.0132. The van der Waals surface area contributed by atoms with Crippen LogP contribution >= 0.6 is 11.3 Å². The lowest BCUT2D eigenvalue weighted by Crippen LogP contribution is -3.14. The first-order valence-corrected chi connectivity index (χ1v) is 12.6. The maximum atomic E-state index is 12.5. The quantitative estimate of drug-likeness (QED) is 0.536. The van der Waals surface area contributed by atoms with E-state index in [1.165, 1.54) is 16.2 Å². The fourth-order valence-electron chi connectivity index (χ4n) is 3.90. The number of carbonyl (C=O) groups is 2. The van der Waals surface area contributed by atoms with E-state index in [2.05, 4.69) is 16.7 Å². The van der Waals surface area contributed by atoms with Crippen molar-refractivity contribution < 1.29 is 22.9 Å². The normalized spacial score (nSPS) is 21.0. The molecule has 158 valence electrons. The number of sulfone groups is 1. The second kappa shape index (κ2) is 9.24. The Kier molecular flexibility index (Phi) is 6.93. The first-order valence-electron chi connectivity index (χ1n) is 9.99. The van der Waals surface area contributed by atoms with Gasteiger partial charge in [-0.25, -0.2) is 8.42 Å². The summed E-state index contributed by atoms with van der Waals surface area (Å²) in [7, 11) is -3.05. The van der Waals surface area contributed by atoms with Crippen molar-refractivity contribution in [3.05, 3.63) is 16.0 Å². The highest BCUT2D eigenvalue weighted by Gasteiger charge is 2.30. The molecule has 1 fully saturated rings. The fourth-order valence-corrected chi connectivity index (χ4v) is 6.83. The first-order chi connectivity index (χ1) is 13.8. The van der Waals surface area contributed by atoms with Gasteiger partial charge in [0.25, 0.3) is 11.8 Å². The lowest BCUT2D eigenvalue weighted by Gasteiger charge is -2.18. The fraction of sp³-hybridized carbons (Fsp3) is 0.632. The number of anilines is 1. The predicted molar refractivity (Wildman–Crippen MR) is 111 cm³/mol. The van der Waals surface area contributed by atoms with Gasteiger partial charge in [-0.05, 0) is 44.6 Å². The smallest absolute Gasteiger partial charge is 0.280 e. The average molecular weight is 440 g/mol. The maximum absolute atomic E-state index is 12.5. The number of nitrogens with zero attached hydrogens (tertiary/aromatic N) is 1. The molecule has 0 saturated carbocycles. The van der Waals surface area contributed by atoms with Crippen LogP contribution in [0.1, 0.15) is 42.2 Å². The summed E-state index contributed by atoms with van der Waals surface area (Å²) in [4.78, 5) is 26.7. The monoisotopic (exact) mass is 439 g/mol. The van der Waals surface area contributed by atoms with Gasteiger partial charge in [0.15, 0.2) is 22.9 Å². The Morgan fingerprint density at radius 3 is 2.62 bits per heavy atom. The third-order valence-electron chi connectivity index (χ3n) is 5.45. The summed E-state index contributed by atoms with van der Waals surface area (Å²) in [6.45, 7) is 2.68. The summed E-state index contributed by atoms with van der Waals surface area (Å²) in [6.07, 6.45) is 4.45. The van der Waals surface area contributed by atoms with Crippen molar-refractivity contribution in [3.63, 3.8) is 0 Å². The largest absolute Gasteiger partial charge is 0.347 e. The molecule has 1 aliphatic carbocycles. The van der Waals surface area contributed by atoms with Crippen LogP contribution in [0.5, 0.6) is 0 Å². The number of nitriles is 1. The highest BCUT2D eigenvalue weighted by Crippen LogP contribution is 2.37. The van der Waals surface area contributed by atoms with E-state index in [0.29, 0.717) is 23.5 Å². The van der Waals surface area contributed by atoms with Gasteiger partial charge in [-0.1, -0.05) is 0 Å². The maximum Gasteiger partial charge on any atom is 0.280 e. The lowest BCUT2D eigenvalue weighted by molar-refractivity contribution is -0.881. The SMILES string of the molecule is CC[NH+](CC(=O)Nc1sc2c(c1C#N)CCCC2)CC(=O)N[C@H]1CCS(=O)(=O)C1. The molecule has 1 aliphatic heterocycles. The summed E-state index contributed by atoms with van der Waals surface area (Å²) < 4.78 is 23.0. The van der Waals surface area contributed by atoms with Crippen LogP contribution in [0.15, 0.2) is 0 Å². The number of thiophene rings is 1. The summed E-state index contributed by atoms with van der Waals surface area (Å²) >= 11 is 1.48. The van der Waals surface area contributed by atoms with Crippen molar-refractivity contribution in [2.24, 2.45) is 0 Å². The third-order valence-corrected chi connectivity index (χ3v) is 8.43. The zero-order valence-corrected chi connectivity index (χ0v) is 18.2. The number of rotatable bonds is 7. The van der Waals surface area contributed by atoms with Crippen LogP contribution in [0.25, 0.3) is 0 Å². The van der Waals surface area contributed by atoms with Crippen LogP contribution in [-0.2, 0) is 32.3 Å². The second-order valence-corrected chi connectivity index (χ2v) is 11.0. The molecule has 2 amide bonds. The molecule has 1 aromatic heterocycles. The number of likely N-dealkylation sites (N-methyl/N-ethyl adjacent to an activating group) is 1. The molecule has 1 unspecified atom stereocenters. The van der Waals surface area contributed by atoms with Crippen LogP contribution in [0.3, 0.4) is 0 Å². The summed E-state index contributed by atoms with van der Waals surface area (Å²) in [5.74, 6) is -0.383. The van der Waals surface area contributed by atoms with Crippen molar-refractivity contribution in [1.82, 2.24) is 5.32 Å². The van der Waals surface area contributed by atoms with E-state index in [4.69, 9.17) is 0 Å². The molecule has 10 heteroatoms. The van der Waals surface area contributed by atoms with Crippen LogP contribution < -0.4 is 15.5 Å². The first kappa shape index (κ1) is 21.7. The van der Waals surface area contributed by atoms with Crippen LogP contribution in [0.2, 0.25) is 0 Å². The van der Waals surface area contributed by atoms with E-state index in [0.717, 1.165) is 36.1 Å². The van der Waals surface area contributed by atoms with Crippen molar-refractivity contribution >= 4 is 38.0 Å². The lowest BCUT2D eigenvalue weighted by atomic mass is 9.96. The molecule has 8 nitrogen and oxygen atoms in total. The Balaban J connectivity index is 1.54. The predicted octanol–water partition coefficient (Wildman–Crippen LogP) is -0.355. The van der Waals surface area contributed by atoms with E-state index in [1.807, 2.05) is 6.92 Å². The van der Waals surface area contributed by atoms with Gasteiger partial charge in [0.05, 0.1) is 23.6 Å². The van der Waals surface area contributed by atoms with Gasteiger partial charge in [0, 0.05) is 10.9 Å². The molecule has 3 rings (SSSR count).